The van der Waals surface area contributed by atoms with Crippen LogP contribution in [0.15, 0.2) is 24.3 Å². The summed E-state index contributed by atoms with van der Waals surface area (Å²) in [7, 11) is 0. The van der Waals surface area contributed by atoms with Crippen molar-refractivity contribution in [3.8, 4) is 5.75 Å². The molecule has 18 heavy (non-hydrogen) atoms. The third kappa shape index (κ3) is 4.67. The molecule has 3 heteroatoms. The highest BCUT2D eigenvalue weighted by molar-refractivity contribution is 5.19. The summed E-state index contributed by atoms with van der Waals surface area (Å²) >= 11 is 0. The Balaban J connectivity index is 1.83. The fourth-order valence-corrected chi connectivity index (χ4v) is 2.15. The Labute approximate surface area is 109 Å². The average Bonchev–Trinajstić information content (AvgIpc) is 2.40. The van der Waals surface area contributed by atoms with Gasteiger partial charge in [0, 0.05) is 12.5 Å². The lowest BCUT2D eigenvalue weighted by atomic mass is 10.1. The topological polar surface area (TPSA) is 38.4 Å². The Morgan fingerprint density at radius 2 is 2.11 bits per heavy atom. The third-order valence-electron chi connectivity index (χ3n) is 3.16. The van der Waals surface area contributed by atoms with Crippen LogP contribution in [0.3, 0.4) is 0 Å². The standard InChI is InChI=1S/C15H20O3/c16-13-6-4-5-9-15(10-11-17-12-13)18-14-7-2-1-3-8-14/h1-3,7,13,15H,4-6,9-12H2. The van der Waals surface area contributed by atoms with E-state index in [0.29, 0.717) is 19.6 Å². The molecule has 1 saturated heterocycles. The highest BCUT2D eigenvalue weighted by Gasteiger charge is 2.14. The first-order valence-corrected chi connectivity index (χ1v) is 6.71. The molecule has 0 aliphatic carbocycles. The molecule has 2 radical (unpaired) electrons. The second-order valence-electron chi connectivity index (χ2n) is 4.74. The van der Waals surface area contributed by atoms with E-state index in [2.05, 4.69) is 6.07 Å². The number of para-hydroxylation sites is 1. The van der Waals surface area contributed by atoms with E-state index in [-0.39, 0.29) is 6.10 Å². The highest BCUT2D eigenvalue weighted by atomic mass is 16.5. The van der Waals surface area contributed by atoms with Gasteiger partial charge in [-0.2, -0.15) is 0 Å². The van der Waals surface area contributed by atoms with E-state index in [1.165, 1.54) is 0 Å². The Kier molecular flexibility index (Phi) is 5.49. The molecular formula is C15H20O3. The maximum atomic E-state index is 11.4. The van der Waals surface area contributed by atoms with Gasteiger partial charge in [0.2, 0.25) is 0 Å². The summed E-state index contributed by atoms with van der Waals surface area (Å²) in [5.74, 6) is 0.793. The summed E-state index contributed by atoms with van der Waals surface area (Å²) < 4.78 is 11.3. The summed E-state index contributed by atoms with van der Waals surface area (Å²) in [6.07, 6.45) is 4.18. The van der Waals surface area contributed by atoms with E-state index in [4.69, 9.17) is 9.47 Å². The van der Waals surface area contributed by atoms with E-state index in [0.717, 1.165) is 31.4 Å². The second-order valence-corrected chi connectivity index (χ2v) is 4.74. The van der Waals surface area contributed by atoms with Gasteiger partial charge in [-0.1, -0.05) is 24.6 Å². The van der Waals surface area contributed by atoms with E-state index in [1.807, 2.05) is 24.3 Å². The van der Waals surface area contributed by atoms with Crippen molar-refractivity contribution in [3.63, 3.8) is 0 Å². The van der Waals surface area contributed by atoms with Crippen LogP contribution in [0.25, 0.3) is 0 Å². The normalized spacial score (nSPS) is 26.5. The monoisotopic (exact) mass is 248 g/mol. The first-order valence-electron chi connectivity index (χ1n) is 6.71. The van der Waals surface area contributed by atoms with Gasteiger partial charge >= 0.3 is 0 Å². The van der Waals surface area contributed by atoms with Gasteiger partial charge in [0.1, 0.15) is 18.0 Å². The smallest absolute Gasteiger partial charge is 0.127 e. The third-order valence-corrected chi connectivity index (χ3v) is 3.16. The molecule has 0 saturated carbocycles. The van der Waals surface area contributed by atoms with Crippen LogP contribution in [0.5, 0.6) is 5.75 Å². The van der Waals surface area contributed by atoms with Crippen molar-refractivity contribution in [2.24, 2.45) is 0 Å². The number of rotatable bonds is 2. The van der Waals surface area contributed by atoms with E-state index in [1.54, 1.807) is 0 Å². The van der Waals surface area contributed by atoms with Crippen molar-refractivity contribution in [1.82, 2.24) is 0 Å². The van der Waals surface area contributed by atoms with Crippen LogP contribution in [0, 0.1) is 6.07 Å². The Hall–Kier alpha value is -1.06. The van der Waals surface area contributed by atoms with Crippen molar-refractivity contribution >= 4 is 0 Å². The predicted molar refractivity (Wildman–Crippen MR) is 68.1 cm³/mol. The van der Waals surface area contributed by atoms with E-state index >= 15 is 0 Å². The van der Waals surface area contributed by atoms with Gasteiger partial charge in [-0.05, 0) is 25.3 Å². The van der Waals surface area contributed by atoms with Crippen molar-refractivity contribution < 1.29 is 14.6 Å². The Morgan fingerprint density at radius 1 is 1.22 bits per heavy atom. The lowest BCUT2D eigenvalue weighted by Crippen LogP contribution is -2.23. The Bertz CT molecular complexity index is 314. The molecule has 0 amide bonds. The van der Waals surface area contributed by atoms with Crippen LogP contribution in [-0.4, -0.2) is 25.4 Å². The molecule has 1 aliphatic heterocycles. The number of hydrogen-bond donors (Lipinski definition) is 0. The quantitative estimate of drug-likeness (QED) is 0.807. The zero-order valence-corrected chi connectivity index (χ0v) is 10.6. The molecule has 98 valence electrons. The highest BCUT2D eigenvalue weighted by Crippen LogP contribution is 2.18. The van der Waals surface area contributed by atoms with Gasteiger partial charge in [0.15, 0.2) is 0 Å². The molecule has 0 N–H and O–H groups in total. The first kappa shape index (κ1) is 13.4. The zero-order valence-electron chi connectivity index (χ0n) is 10.6. The van der Waals surface area contributed by atoms with Crippen LogP contribution in [0.1, 0.15) is 32.1 Å². The van der Waals surface area contributed by atoms with Crippen LogP contribution in [-0.2, 0) is 9.84 Å². The number of hydrogen-bond acceptors (Lipinski definition) is 2. The van der Waals surface area contributed by atoms with Gasteiger partial charge in [0.25, 0.3) is 0 Å². The number of ether oxygens (including phenoxy) is 2. The summed E-state index contributed by atoms with van der Waals surface area (Å²) in [6, 6.07) is 10.7. The fourth-order valence-electron chi connectivity index (χ4n) is 2.15. The minimum atomic E-state index is -0.551. The van der Waals surface area contributed by atoms with Crippen molar-refractivity contribution in [2.75, 3.05) is 13.2 Å². The molecule has 2 atom stereocenters. The minimum absolute atomic E-state index is 0.173. The van der Waals surface area contributed by atoms with E-state index < -0.39 is 6.10 Å². The van der Waals surface area contributed by atoms with Crippen molar-refractivity contribution in [2.45, 2.75) is 44.3 Å². The van der Waals surface area contributed by atoms with Crippen LogP contribution in [0.2, 0.25) is 0 Å². The molecule has 3 nitrogen and oxygen atoms in total. The summed E-state index contributed by atoms with van der Waals surface area (Å²) in [5, 5.41) is 11.4. The first-order chi connectivity index (χ1) is 8.84. The van der Waals surface area contributed by atoms with Crippen LogP contribution in [0.4, 0.5) is 0 Å². The fraction of sp³-hybridized carbons (Fsp3) is 0.600. The van der Waals surface area contributed by atoms with Crippen molar-refractivity contribution in [3.05, 3.63) is 30.3 Å². The zero-order chi connectivity index (χ0) is 12.6. The molecule has 0 spiro atoms. The van der Waals surface area contributed by atoms with E-state index in [9.17, 15) is 5.11 Å². The molecule has 1 aliphatic rings. The van der Waals surface area contributed by atoms with Gasteiger partial charge in [-0.25, -0.2) is 5.11 Å². The lowest BCUT2D eigenvalue weighted by molar-refractivity contribution is -0.0200. The molecule has 0 aromatic heterocycles. The molecule has 1 fully saturated rings. The van der Waals surface area contributed by atoms with Gasteiger partial charge in [-0.3, -0.25) is 0 Å². The van der Waals surface area contributed by atoms with Crippen LogP contribution < -0.4 is 4.74 Å². The maximum Gasteiger partial charge on any atom is 0.127 e. The molecular weight excluding hydrogens is 228 g/mol. The SMILES string of the molecule is [O]C1CCCCC(Oc2[c]cccc2)CCOC1. The molecule has 0 bridgehead atoms. The molecule has 1 heterocycles. The maximum absolute atomic E-state index is 11.4. The van der Waals surface area contributed by atoms with Gasteiger partial charge in [-0.15, -0.1) is 0 Å². The average molecular weight is 248 g/mol. The second kappa shape index (κ2) is 7.39. The minimum Gasteiger partial charge on any atom is -0.490 e. The molecule has 1 aromatic rings. The largest absolute Gasteiger partial charge is 0.490 e. The van der Waals surface area contributed by atoms with Crippen molar-refractivity contribution in [1.29, 1.82) is 0 Å². The predicted octanol–water partition coefficient (Wildman–Crippen LogP) is 3.01. The summed E-state index contributed by atoms with van der Waals surface area (Å²) in [5.41, 5.74) is 0. The Morgan fingerprint density at radius 3 is 2.94 bits per heavy atom. The lowest BCUT2D eigenvalue weighted by Gasteiger charge is -2.21. The summed E-state index contributed by atoms with van der Waals surface area (Å²) in [6.45, 7) is 0.945. The molecule has 1 aromatic carbocycles. The van der Waals surface area contributed by atoms with Crippen LogP contribution >= 0.6 is 0 Å². The molecule has 2 rings (SSSR count). The molecule has 2 unspecified atom stereocenters. The summed E-state index contributed by atoms with van der Waals surface area (Å²) in [4.78, 5) is 0. The van der Waals surface area contributed by atoms with Gasteiger partial charge < -0.3 is 9.47 Å². The number of benzene rings is 1. The van der Waals surface area contributed by atoms with Gasteiger partial charge in [0.05, 0.1) is 13.2 Å².